The first-order chi connectivity index (χ1) is 17.4. The lowest BCUT2D eigenvalue weighted by atomic mass is 9.94. The number of carbonyl (C=O) groups is 3. The first kappa shape index (κ1) is 23.9. The van der Waals surface area contributed by atoms with Gasteiger partial charge >= 0.3 is 0 Å². The van der Waals surface area contributed by atoms with E-state index in [2.05, 4.69) is 10.6 Å². The average molecular weight is 496 g/mol. The van der Waals surface area contributed by atoms with Gasteiger partial charge < -0.3 is 34.5 Å². The minimum Gasteiger partial charge on any atom is -0.490 e. The number of amides is 3. The van der Waals surface area contributed by atoms with Gasteiger partial charge in [0.05, 0.1) is 24.1 Å². The summed E-state index contributed by atoms with van der Waals surface area (Å²) < 4.78 is 22.9. The molecule has 2 aromatic carbocycles. The van der Waals surface area contributed by atoms with Crippen molar-refractivity contribution in [2.24, 2.45) is 0 Å². The maximum absolute atomic E-state index is 13.2. The third-order valence-corrected chi connectivity index (χ3v) is 6.67. The summed E-state index contributed by atoms with van der Waals surface area (Å²) in [4.78, 5) is 38.9. The number of nitrogens with one attached hydrogen (secondary N) is 2. The van der Waals surface area contributed by atoms with Crippen molar-refractivity contribution >= 4 is 23.4 Å². The number of anilines is 1. The van der Waals surface area contributed by atoms with Crippen molar-refractivity contribution in [3.05, 3.63) is 47.5 Å². The highest BCUT2D eigenvalue weighted by Crippen LogP contribution is 2.33. The van der Waals surface area contributed by atoms with Crippen LogP contribution in [0.15, 0.2) is 36.4 Å². The maximum Gasteiger partial charge on any atom is 0.257 e. The summed E-state index contributed by atoms with van der Waals surface area (Å²) in [6, 6.07) is 10.4. The summed E-state index contributed by atoms with van der Waals surface area (Å²) in [5, 5.41) is 5.64. The Morgan fingerprint density at radius 3 is 2.67 bits per heavy atom. The molecule has 0 unspecified atom stereocenters. The average Bonchev–Trinajstić information content (AvgIpc) is 3.33. The van der Waals surface area contributed by atoms with Crippen molar-refractivity contribution in [2.45, 2.75) is 51.0 Å². The van der Waals surface area contributed by atoms with E-state index < -0.39 is 0 Å². The van der Waals surface area contributed by atoms with Gasteiger partial charge in [0, 0.05) is 26.2 Å². The van der Waals surface area contributed by atoms with Crippen molar-refractivity contribution in [3.63, 3.8) is 0 Å². The number of rotatable bonds is 5. The van der Waals surface area contributed by atoms with Gasteiger partial charge in [0.25, 0.3) is 5.91 Å². The standard InChI is InChI=1S/C26H29N3O7/c1-15(30)28-17-4-8-21-19(10-17)26(32)29(2)20-6-5-18(36-24(20)13-33-21)11-25(31)27-12-16-3-7-22-23(9-16)35-14-34-22/h3-4,7-10,18,20,24H,5-6,11-14H2,1-2H3,(H,27,31)(H,28,30)/t18-,20-,24+/m1/s1. The van der Waals surface area contributed by atoms with Gasteiger partial charge in [-0.2, -0.15) is 0 Å². The molecule has 3 aliphatic heterocycles. The zero-order valence-electron chi connectivity index (χ0n) is 20.2. The fraction of sp³-hybridized carbons (Fsp3) is 0.423. The Bertz CT molecular complexity index is 1180. The summed E-state index contributed by atoms with van der Waals surface area (Å²) in [5.41, 5.74) is 1.86. The predicted octanol–water partition coefficient (Wildman–Crippen LogP) is 2.46. The second-order valence-corrected chi connectivity index (χ2v) is 9.23. The minimum atomic E-state index is -0.359. The molecule has 0 spiro atoms. The van der Waals surface area contributed by atoms with Crippen LogP contribution >= 0.6 is 0 Å². The number of carbonyl (C=O) groups excluding carboxylic acids is 3. The molecule has 0 aromatic heterocycles. The van der Waals surface area contributed by atoms with Gasteiger partial charge in [0.15, 0.2) is 11.5 Å². The first-order valence-corrected chi connectivity index (χ1v) is 12.0. The van der Waals surface area contributed by atoms with Crippen LogP contribution in [-0.2, 0) is 20.9 Å². The molecular weight excluding hydrogens is 466 g/mol. The molecular formula is C26H29N3O7. The normalized spacial score (nSPS) is 22.4. The molecule has 3 atom stereocenters. The summed E-state index contributed by atoms with van der Waals surface area (Å²) >= 11 is 0. The van der Waals surface area contributed by atoms with E-state index in [9.17, 15) is 14.4 Å². The van der Waals surface area contributed by atoms with Crippen LogP contribution in [0.2, 0.25) is 0 Å². The van der Waals surface area contributed by atoms with E-state index in [1.807, 2.05) is 18.2 Å². The van der Waals surface area contributed by atoms with E-state index in [0.29, 0.717) is 47.9 Å². The third-order valence-electron chi connectivity index (χ3n) is 6.67. The van der Waals surface area contributed by atoms with Gasteiger partial charge in [-0.1, -0.05) is 6.07 Å². The molecule has 2 N–H and O–H groups in total. The Morgan fingerprint density at radius 2 is 1.83 bits per heavy atom. The number of benzene rings is 2. The van der Waals surface area contributed by atoms with E-state index in [-0.39, 0.29) is 55.8 Å². The molecule has 190 valence electrons. The van der Waals surface area contributed by atoms with E-state index in [1.165, 1.54) is 6.92 Å². The molecule has 0 bridgehead atoms. The van der Waals surface area contributed by atoms with Crippen molar-refractivity contribution < 1.29 is 33.3 Å². The van der Waals surface area contributed by atoms with E-state index in [4.69, 9.17) is 18.9 Å². The van der Waals surface area contributed by atoms with E-state index in [0.717, 1.165) is 5.56 Å². The molecule has 1 saturated heterocycles. The SMILES string of the molecule is CC(=O)Nc1ccc2c(c1)C(=O)N(C)[C@@H]1CC[C@H](CC(=O)NCc3ccc4c(c3)OCO4)O[C@H]1CO2. The Morgan fingerprint density at radius 1 is 1.03 bits per heavy atom. The zero-order chi connectivity index (χ0) is 25.2. The lowest BCUT2D eigenvalue weighted by Crippen LogP contribution is -2.53. The molecule has 10 nitrogen and oxygen atoms in total. The van der Waals surface area contributed by atoms with E-state index >= 15 is 0 Å². The molecule has 36 heavy (non-hydrogen) atoms. The van der Waals surface area contributed by atoms with Crippen molar-refractivity contribution in [1.29, 1.82) is 0 Å². The fourth-order valence-corrected chi connectivity index (χ4v) is 4.84. The number of hydrogen-bond acceptors (Lipinski definition) is 7. The van der Waals surface area contributed by atoms with Gasteiger partial charge in [0.1, 0.15) is 18.5 Å². The first-order valence-electron chi connectivity index (χ1n) is 12.0. The second-order valence-electron chi connectivity index (χ2n) is 9.23. The smallest absolute Gasteiger partial charge is 0.257 e. The molecule has 0 radical (unpaired) electrons. The maximum atomic E-state index is 13.2. The zero-order valence-corrected chi connectivity index (χ0v) is 20.2. The highest BCUT2D eigenvalue weighted by Gasteiger charge is 2.39. The Labute approximate surface area is 208 Å². The van der Waals surface area contributed by atoms with Crippen molar-refractivity contribution in [1.82, 2.24) is 10.2 Å². The molecule has 0 aliphatic carbocycles. The Balaban J connectivity index is 1.19. The Kier molecular flexibility index (Phi) is 6.69. The van der Waals surface area contributed by atoms with Gasteiger partial charge in [-0.25, -0.2) is 0 Å². The van der Waals surface area contributed by atoms with E-state index in [1.54, 1.807) is 30.1 Å². The quantitative estimate of drug-likeness (QED) is 0.655. The molecule has 2 aromatic rings. The summed E-state index contributed by atoms with van der Waals surface area (Å²) in [5.74, 6) is 1.30. The molecule has 3 amide bonds. The van der Waals surface area contributed by atoms with Crippen molar-refractivity contribution in [2.75, 3.05) is 25.8 Å². The van der Waals surface area contributed by atoms with Crippen LogP contribution in [0.3, 0.4) is 0 Å². The summed E-state index contributed by atoms with van der Waals surface area (Å²) in [7, 11) is 1.75. The van der Waals surface area contributed by atoms with Gasteiger partial charge in [-0.05, 0) is 48.7 Å². The van der Waals surface area contributed by atoms with Crippen LogP contribution in [0.25, 0.3) is 0 Å². The van der Waals surface area contributed by atoms with Crippen molar-refractivity contribution in [3.8, 4) is 17.2 Å². The molecule has 0 saturated carbocycles. The third kappa shape index (κ3) is 5.08. The van der Waals surface area contributed by atoms with Gasteiger partial charge in [0.2, 0.25) is 18.6 Å². The number of nitrogens with zero attached hydrogens (tertiary/aromatic N) is 1. The van der Waals surface area contributed by atoms with Crippen LogP contribution in [0.1, 0.15) is 42.1 Å². The molecule has 1 fully saturated rings. The van der Waals surface area contributed by atoms with Crippen LogP contribution in [0, 0.1) is 0 Å². The molecule has 5 rings (SSSR count). The highest BCUT2D eigenvalue weighted by atomic mass is 16.7. The van der Waals surface area contributed by atoms with Crippen LogP contribution in [0.4, 0.5) is 5.69 Å². The Hall–Kier alpha value is -3.79. The summed E-state index contributed by atoms with van der Waals surface area (Å²) in [6.45, 7) is 2.26. The summed E-state index contributed by atoms with van der Waals surface area (Å²) in [6.07, 6.45) is 0.937. The largest absolute Gasteiger partial charge is 0.490 e. The highest BCUT2D eigenvalue weighted by molar-refractivity contribution is 5.99. The van der Waals surface area contributed by atoms with Crippen LogP contribution < -0.4 is 24.8 Å². The number of likely N-dealkylation sites (N-methyl/N-ethyl adjacent to an activating group) is 1. The monoisotopic (exact) mass is 495 g/mol. The predicted molar refractivity (Wildman–Crippen MR) is 129 cm³/mol. The van der Waals surface area contributed by atoms with Crippen LogP contribution in [0.5, 0.6) is 17.2 Å². The van der Waals surface area contributed by atoms with Gasteiger partial charge in [-0.15, -0.1) is 0 Å². The molecule has 3 aliphatic rings. The lowest BCUT2D eigenvalue weighted by molar-refractivity contribution is -0.134. The lowest BCUT2D eigenvalue weighted by Gasteiger charge is -2.42. The second kappa shape index (κ2) is 10.1. The number of ether oxygens (including phenoxy) is 4. The molecule has 10 heteroatoms. The van der Waals surface area contributed by atoms with Crippen LogP contribution in [-0.4, -0.2) is 61.3 Å². The fourth-order valence-electron chi connectivity index (χ4n) is 4.84. The molecule has 3 heterocycles. The minimum absolute atomic E-state index is 0.108. The topological polar surface area (TPSA) is 115 Å². The van der Waals surface area contributed by atoms with Gasteiger partial charge in [-0.3, -0.25) is 14.4 Å². The number of hydrogen-bond donors (Lipinski definition) is 2. The number of fused-ring (bicyclic) bond motifs is 3.